The lowest BCUT2D eigenvalue weighted by atomic mass is 10.1. The molecule has 1 aromatic carbocycles. The molecular weight excluding hydrogens is 229 g/mol. The van der Waals surface area contributed by atoms with Crippen LogP contribution >= 0.6 is 0 Å². The van der Waals surface area contributed by atoms with Crippen LogP contribution in [0, 0.1) is 12.7 Å². The first-order valence-corrected chi connectivity index (χ1v) is 5.85. The van der Waals surface area contributed by atoms with Crippen LogP contribution in [0.4, 0.5) is 15.9 Å². The molecule has 2 rings (SSSR count). The van der Waals surface area contributed by atoms with Crippen molar-refractivity contribution in [3.05, 3.63) is 53.5 Å². The summed E-state index contributed by atoms with van der Waals surface area (Å²) in [6.07, 6.45) is 2.51. The highest BCUT2D eigenvalue weighted by Gasteiger charge is 2.00. The topological polar surface area (TPSA) is 50.9 Å². The Kier molecular flexibility index (Phi) is 3.77. The number of aromatic nitrogens is 1. The van der Waals surface area contributed by atoms with Crippen LogP contribution in [0.1, 0.15) is 11.1 Å². The molecule has 0 unspecified atom stereocenters. The summed E-state index contributed by atoms with van der Waals surface area (Å²) < 4.78 is 12.9. The molecule has 0 bridgehead atoms. The number of hydrogen-bond donors (Lipinski definition) is 2. The van der Waals surface area contributed by atoms with Gasteiger partial charge in [-0.25, -0.2) is 9.37 Å². The van der Waals surface area contributed by atoms with Crippen LogP contribution in [-0.4, -0.2) is 11.5 Å². The second kappa shape index (κ2) is 5.49. The number of nitrogens with two attached hydrogens (primary N) is 1. The zero-order valence-corrected chi connectivity index (χ0v) is 10.3. The highest BCUT2D eigenvalue weighted by atomic mass is 19.1. The fraction of sp³-hybridized carbons (Fsp3) is 0.214. The molecule has 94 valence electrons. The van der Waals surface area contributed by atoms with Gasteiger partial charge in [-0.2, -0.15) is 0 Å². The highest BCUT2D eigenvalue weighted by Crippen LogP contribution is 2.12. The molecule has 3 nitrogen and oxygen atoms in total. The van der Waals surface area contributed by atoms with Crippen molar-refractivity contribution in [1.29, 1.82) is 0 Å². The summed E-state index contributed by atoms with van der Waals surface area (Å²) in [4.78, 5) is 3.93. The molecular formula is C14H16FN3. The van der Waals surface area contributed by atoms with Gasteiger partial charge >= 0.3 is 0 Å². The van der Waals surface area contributed by atoms with E-state index in [-0.39, 0.29) is 5.82 Å². The average Bonchev–Trinajstić information content (AvgIpc) is 2.32. The van der Waals surface area contributed by atoms with Crippen LogP contribution in [0.3, 0.4) is 0 Å². The molecule has 0 aliphatic carbocycles. The minimum absolute atomic E-state index is 0.189. The van der Waals surface area contributed by atoms with Crippen LogP contribution < -0.4 is 11.1 Å². The Balaban J connectivity index is 1.92. The zero-order chi connectivity index (χ0) is 13.0. The molecule has 2 aromatic rings. The van der Waals surface area contributed by atoms with Crippen molar-refractivity contribution < 1.29 is 4.39 Å². The summed E-state index contributed by atoms with van der Waals surface area (Å²) in [5.41, 5.74) is 8.66. The van der Waals surface area contributed by atoms with E-state index in [2.05, 4.69) is 10.3 Å². The Morgan fingerprint density at radius 3 is 2.83 bits per heavy atom. The van der Waals surface area contributed by atoms with Crippen LogP contribution in [0.25, 0.3) is 0 Å². The first-order chi connectivity index (χ1) is 8.65. The number of nitrogen functional groups attached to an aromatic ring is 1. The number of aryl methyl sites for hydroxylation is 1. The first kappa shape index (κ1) is 12.4. The van der Waals surface area contributed by atoms with E-state index in [1.165, 1.54) is 6.07 Å². The van der Waals surface area contributed by atoms with Crippen molar-refractivity contribution in [3.63, 3.8) is 0 Å². The lowest BCUT2D eigenvalue weighted by Gasteiger charge is -2.08. The van der Waals surface area contributed by atoms with Crippen molar-refractivity contribution in [3.8, 4) is 0 Å². The minimum atomic E-state index is -0.189. The number of hydrogen-bond acceptors (Lipinski definition) is 3. The predicted molar refractivity (Wildman–Crippen MR) is 72.0 cm³/mol. The summed E-state index contributed by atoms with van der Waals surface area (Å²) >= 11 is 0. The van der Waals surface area contributed by atoms with Gasteiger partial charge in [0.15, 0.2) is 0 Å². The molecule has 0 fully saturated rings. The molecule has 1 aromatic heterocycles. The molecule has 0 saturated heterocycles. The van der Waals surface area contributed by atoms with Gasteiger partial charge in [0.05, 0.1) is 0 Å². The van der Waals surface area contributed by atoms with E-state index in [1.54, 1.807) is 18.3 Å². The molecule has 0 aliphatic rings. The lowest BCUT2D eigenvalue weighted by molar-refractivity contribution is 0.625. The number of benzene rings is 1. The van der Waals surface area contributed by atoms with Crippen molar-refractivity contribution in [2.24, 2.45) is 0 Å². The number of nitrogens with zero attached hydrogens (tertiary/aromatic N) is 1. The molecule has 0 spiro atoms. The molecule has 0 radical (unpaired) electrons. The van der Waals surface area contributed by atoms with E-state index in [1.807, 2.05) is 19.1 Å². The normalized spacial score (nSPS) is 10.3. The van der Waals surface area contributed by atoms with E-state index in [4.69, 9.17) is 5.73 Å². The maximum absolute atomic E-state index is 12.9. The maximum Gasteiger partial charge on any atom is 0.125 e. The summed E-state index contributed by atoms with van der Waals surface area (Å²) in [6.45, 7) is 2.69. The number of anilines is 2. The molecule has 0 saturated carbocycles. The monoisotopic (exact) mass is 245 g/mol. The third kappa shape index (κ3) is 3.20. The van der Waals surface area contributed by atoms with Crippen molar-refractivity contribution in [1.82, 2.24) is 4.98 Å². The Hall–Kier alpha value is -2.10. The molecule has 0 aliphatic heterocycles. The van der Waals surface area contributed by atoms with Gasteiger partial charge in [-0.3, -0.25) is 0 Å². The van der Waals surface area contributed by atoms with E-state index in [0.29, 0.717) is 5.82 Å². The number of pyridine rings is 1. The molecule has 0 amide bonds. The van der Waals surface area contributed by atoms with E-state index in [0.717, 1.165) is 29.8 Å². The molecule has 4 heteroatoms. The molecule has 3 N–H and O–H groups in total. The largest absolute Gasteiger partial charge is 0.385 e. The van der Waals surface area contributed by atoms with Crippen LogP contribution in [-0.2, 0) is 6.42 Å². The van der Waals surface area contributed by atoms with Gasteiger partial charge in [0.2, 0.25) is 0 Å². The smallest absolute Gasteiger partial charge is 0.125 e. The molecule has 1 heterocycles. The zero-order valence-electron chi connectivity index (χ0n) is 10.3. The SMILES string of the molecule is Cc1cc(F)ccc1CCNc1ccnc(N)c1. The van der Waals surface area contributed by atoms with E-state index < -0.39 is 0 Å². The fourth-order valence-corrected chi connectivity index (χ4v) is 1.84. The summed E-state index contributed by atoms with van der Waals surface area (Å²) in [6, 6.07) is 8.53. The van der Waals surface area contributed by atoms with Gasteiger partial charge in [-0.15, -0.1) is 0 Å². The third-order valence-corrected chi connectivity index (χ3v) is 2.81. The second-order valence-electron chi connectivity index (χ2n) is 4.22. The lowest BCUT2D eigenvalue weighted by Crippen LogP contribution is -2.06. The van der Waals surface area contributed by atoms with Gasteiger partial charge in [-0.1, -0.05) is 6.07 Å². The summed E-state index contributed by atoms with van der Waals surface area (Å²) in [7, 11) is 0. The van der Waals surface area contributed by atoms with Crippen molar-refractivity contribution >= 4 is 11.5 Å². The number of rotatable bonds is 4. The van der Waals surface area contributed by atoms with Crippen LogP contribution in [0.15, 0.2) is 36.5 Å². The van der Waals surface area contributed by atoms with Gasteiger partial charge in [0.25, 0.3) is 0 Å². The predicted octanol–water partition coefficient (Wildman–Crippen LogP) is 2.77. The standard InChI is InChI=1S/C14H16FN3/c1-10-8-12(15)3-2-11(10)4-6-17-13-5-7-18-14(16)9-13/h2-3,5,7-9H,4,6H2,1H3,(H3,16,17,18). The average molecular weight is 245 g/mol. The van der Waals surface area contributed by atoms with Gasteiger partial charge in [0.1, 0.15) is 11.6 Å². The third-order valence-electron chi connectivity index (χ3n) is 2.81. The Morgan fingerprint density at radius 1 is 1.28 bits per heavy atom. The maximum atomic E-state index is 12.9. The Labute approximate surface area is 106 Å². The van der Waals surface area contributed by atoms with Gasteiger partial charge in [0, 0.05) is 24.5 Å². The number of nitrogens with one attached hydrogen (secondary N) is 1. The van der Waals surface area contributed by atoms with E-state index >= 15 is 0 Å². The van der Waals surface area contributed by atoms with Gasteiger partial charge < -0.3 is 11.1 Å². The Bertz CT molecular complexity index is 540. The number of halogens is 1. The highest BCUT2D eigenvalue weighted by molar-refractivity contribution is 5.49. The quantitative estimate of drug-likeness (QED) is 0.870. The van der Waals surface area contributed by atoms with Crippen LogP contribution in [0.2, 0.25) is 0 Å². The van der Waals surface area contributed by atoms with Gasteiger partial charge in [-0.05, 0) is 42.7 Å². The Morgan fingerprint density at radius 2 is 2.11 bits per heavy atom. The second-order valence-corrected chi connectivity index (χ2v) is 4.22. The first-order valence-electron chi connectivity index (χ1n) is 5.85. The van der Waals surface area contributed by atoms with Crippen LogP contribution in [0.5, 0.6) is 0 Å². The summed E-state index contributed by atoms with van der Waals surface area (Å²) in [5.74, 6) is 0.309. The fourth-order valence-electron chi connectivity index (χ4n) is 1.84. The van der Waals surface area contributed by atoms with Crippen molar-refractivity contribution in [2.75, 3.05) is 17.6 Å². The minimum Gasteiger partial charge on any atom is -0.385 e. The van der Waals surface area contributed by atoms with E-state index in [9.17, 15) is 4.39 Å². The van der Waals surface area contributed by atoms with Crippen molar-refractivity contribution in [2.45, 2.75) is 13.3 Å². The summed E-state index contributed by atoms with van der Waals surface area (Å²) in [5, 5.41) is 3.26. The molecule has 0 atom stereocenters. The molecule has 18 heavy (non-hydrogen) atoms.